The molecule has 0 amide bonds. The van der Waals surface area contributed by atoms with E-state index in [1.165, 1.54) is 11.6 Å². The van der Waals surface area contributed by atoms with Crippen LogP contribution in [-0.4, -0.2) is 26.6 Å². The molecular weight excluding hydrogens is 384 g/mol. The lowest BCUT2D eigenvalue weighted by Crippen LogP contribution is -2.33. The number of nitrogens with two attached hydrogens (primary N) is 1. The lowest BCUT2D eigenvalue weighted by atomic mass is 9.89. The molecule has 1 heterocycles. The molecular formula is C23H24N2O3S. The molecule has 5 nitrogen and oxygen atoms in total. The zero-order chi connectivity index (χ0) is 20.4. The van der Waals surface area contributed by atoms with Crippen molar-refractivity contribution >= 4 is 15.7 Å². The highest BCUT2D eigenvalue weighted by molar-refractivity contribution is 7.89. The van der Waals surface area contributed by atoms with Gasteiger partial charge in [-0.05, 0) is 54.2 Å². The van der Waals surface area contributed by atoms with Gasteiger partial charge in [0.1, 0.15) is 5.75 Å². The van der Waals surface area contributed by atoms with Gasteiger partial charge < -0.3 is 10.0 Å². The smallest absolute Gasteiger partial charge is 0.238 e. The second-order valence-electron chi connectivity index (χ2n) is 7.41. The van der Waals surface area contributed by atoms with Crippen molar-refractivity contribution in [2.24, 2.45) is 5.14 Å². The van der Waals surface area contributed by atoms with Crippen LogP contribution in [-0.2, 0) is 10.0 Å². The SMILES string of the molecule is NS(=O)(=O)c1cccc(N2CCC(c3ccccc3)CC2)c1-c1ccc(O)cc1. The first-order chi connectivity index (χ1) is 13.9. The summed E-state index contributed by atoms with van der Waals surface area (Å²) < 4.78 is 24.6. The summed E-state index contributed by atoms with van der Waals surface area (Å²) in [5, 5.41) is 15.2. The van der Waals surface area contributed by atoms with Crippen molar-refractivity contribution in [3.8, 4) is 16.9 Å². The zero-order valence-corrected chi connectivity index (χ0v) is 16.8. The molecule has 3 aromatic rings. The van der Waals surface area contributed by atoms with Crippen molar-refractivity contribution in [1.82, 2.24) is 0 Å². The maximum absolute atomic E-state index is 12.3. The normalized spacial score (nSPS) is 15.4. The number of sulfonamides is 1. The molecule has 1 fully saturated rings. The van der Waals surface area contributed by atoms with Crippen molar-refractivity contribution < 1.29 is 13.5 Å². The predicted octanol–water partition coefficient (Wildman–Crippen LogP) is 4.09. The van der Waals surface area contributed by atoms with Crippen LogP contribution in [0, 0.1) is 0 Å². The first-order valence-electron chi connectivity index (χ1n) is 9.68. The molecule has 0 aliphatic carbocycles. The topological polar surface area (TPSA) is 83.6 Å². The predicted molar refractivity (Wildman–Crippen MR) is 116 cm³/mol. The summed E-state index contributed by atoms with van der Waals surface area (Å²) in [4.78, 5) is 2.34. The molecule has 0 radical (unpaired) electrons. The van der Waals surface area contributed by atoms with Gasteiger partial charge in [-0.3, -0.25) is 0 Å². The largest absolute Gasteiger partial charge is 0.508 e. The maximum atomic E-state index is 12.3. The summed E-state index contributed by atoms with van der Waals surface area (Å²) in [5.41, 5.74) is 3.51. The average molecular weight is 409 g/mol. The number of benzene rings is 3. The highest BCUT2D eigenvalue weighted by atomic mass is 32.2. The Balaban J connectivity index is 1.70. The number of nitrogens with zero attached hydrogens (tertiary/aromatic N) is 1. The Kier molecular flexibility index (Phi) is 5.30. The molecule has 0 unspecified atom stereocenters. The maximum Gasteiger partial charge on any atom is 0.238 e. The molecule has 29 heavy (non-hydrogen) atoms. The monoisotopic (exact) mass is 408 g/mol. The number of hydrogen-bond acceptors (Lipinski definition) is 4. The lowest BCUT2D eigenvalue weighted by molar-refractivity contribution is 0.475. The third-order valence-electron chi connectivity index (χ3n) is 5.57. The minimum atomic E-state index is -3.90. The van der Waals surface area contributed by atoms with Crippen molar-refractivity contribution in [3.05, 3.63) is 78.4 Å². The Morgan fingerprint density at radius 1 is 0.862 bits per heavy atom. The Morgan fingerprint density at radius 2 is 1.52 bits per heavy atom. The number of hydrogen-bond donors (Lipinski definition) is 2. The fraction of sp³-hybridized carbons (Fsp3) is 0.217. The zero-order valence-electron chi connectivity index (χ0n) is 16.0. The fourth-order valence-electron chi connectivity index (χ4n) is 4.12. The van der Waals surface area contributed by atoms with Crippen LogP contribution in [0.5, 0.6) is 5.75 Å². The van der Waals surface area contributed by atoms with Crippen LogP contribution in [0.2, 0.25) is 0 Å². The van der Waals surface area contributed by atoms with Gasteiger partial charge in [0.15, 0.2) is 0 Å². The molecule has 1 aliphatic heterocycles. The third-order valence-corrected chi connectivity index (χ3v) is 6.53. The van der Waals surface area contributed by atoms with E-state index in [0.29, 0.717) is 17.0 Å². The Morgan fingerprint density at radius 3 is 2.14 bits per heavy atom. The van der Waals surface area contributed by atoms with Gasteiger partial charge in [0.05, 0.1) is 4.90 Å². The number of piperidine rings is 1. The van der Waals surface area contributed by atoms with E-state index in [2.05, 4.69) is 29.2 Å². The molecule has 0 bridgehead atoms. The van der Waals surface area contributed by atoms with Crippen LogP contribution in [0.15, 0.2) is 77.7 Å². The molecule has 150 valence electrons. The highest BCUT2D eigenvalue weighted by Crippen LogP contribution is 2.39. The Hall–Kier alpha value is -2.83. The number of anilines is 1. The fourth-order valence-corrected chi connectivity index (χ4v) is 4.89. The third kappa shape index (κ3) is 4.13. The Labute approximate surface area is 171 Å². The molecule has 1 aliphatic rings. The van der Waals surface area contributed by atoms with E-state index < -0.39 is 10.0 Å². The number of aromatic hydroxyl groups is 1. The standard InChI is InChI=1S/C23H24N2O3S/c24-29(27,28)22-8-4-7-21(23(22)19-9-11-20(26)12-10-19)25-15-13-18(14-16-25)17-5-2-1-3-6-17/h1-12,18,26H,13-16H2,(H2,24,27,28). The van der Waals surface area contributed by atoms with Gasteiger partial charge in [-0.1, -0.05) is 48.5 Å². The Bertz CT molecular complexity index is 1090. The quantitative estimate of drug-likeness (QED) is 0.681. The van der Waals surface area contributed by atoms with Gasteiger partial charge in [0, 0.05) is 24.3 Å². The van der Waals surface area contributed by atoms with Gasteiger partial charge in [-0.25, -0.2) is 13.6 Å². The van der Waals surface area contributed by atoms with Crippen LogP contribution in [0.1, 0.15) is 24.3 Å². The number of primary sulfonamides is 1. The van der Waals surface area contributed by atoms with Crippen molar-refractivity contribution in [2.75, 3.05) is 18.0 Å². The van der Waals surface area contributed by atoms with E-state index in [0.717, 1.165) is 31.6 Å². The van der Waals surface area contributed by atoms with E-state index in [-0.39, 0.29) is 10.6 Å². The first kappa shape index (κ1) is 19.5. The van der Waals surface area contributed by atoms with Crippen LogP contribution in [0.4, 0.5) is 5.69 Å². The molecule has 3 N–H and O–H groups in total. The second-order valence-corrected chi connectivity index (χ2v) is 8.94. The van der Waals surface area contributed by atoms with Crippen LogP contribution in [0.25, 0.3) is 11.1 Å². The number of rotatable bonds is 4. The molecule has 0 atom stereocenters. The molecule has 1 saturated heterocycles. The first-order valence-corrected chi connectivity index (χ1v) is 11.2. The lowest BCUT2D eigenvalue weighted by Gasteiger charge is -2.35. The van der Waals surface area contributed by atoms with Gasteiger partial charge in [-0.2, -0.15) is 0 Å². The number of phenolic OH excluding ortho intramolecular Hbond substituents is 1. The second kappa shape index (κ2) is 7.89. The summed E-state index contributed by atoms with van der Waals surface area (Å²) in [6.45, 7) is 1.66. The van der Waals surface area contributed by atoms with Gasteiger partial charge in [0.2, 0.25) is 10.0 Å². The summed E-state index contributed by atoms with van der Waals surface area (Å²) in [7, 11) is -3.90. The van der Waals surface area contributed by atoms with E-state index in [1.807, 2.05) is 12.1 Å². The van der Waals surface area contributed by atoms with E-state index in [9.17, 15) is 13.5 Å². The van der Waals surface area contributed by atoms with Gasteiger partial charge in [-0.15, -0.1) is 0 Å². The minimum Gasteiger partial charge on any atom is -0.508 e. The minimum absolute atomic E-state index is 0.103. The van der Waals surface area contributed by atoms with Crippen molar-refractivity contribution in [2.45, 2.75) is 23.7 Å². The molecule has 6 heteroatoms. The molecule has 3 aromatic carbocycles. The van der Waals surface area contributed by atoms with Crippen molar-refractivity contribution in [3.63, 3.8) is 0 Å². The summed E-state index contributed by atoms with van der Waals surface area (Å²) in [6.07, 6.45) is 2.00. The average Bonchev–Trinajstić information content (AvgIpc) is 2.74. The van der Waals surface area contributed by atoms with E-state index >= 15 is 0 Å². The number of phenols is 1. The van der Waals surface area contributed by atoms with E-state index in [1.54, 1.807) is 30.3 Å². The molecule has 0 spiro atoms. The van der Waals surface area contributed by atoms with Crippen LogP contribution < -0.4 is 10.0 Å². The summed E-state index contributed by atoms with van der Waals surface area (Å²) >= 11 is 0. The van der Waals surface area contributed by atoms with Crippen molar-refractivity contribution in [1.29, 1.82) is 0 Å². The molecule has 4 rings (SSSR count). The summed E-state index contributed by atoms with van der Waals surface area (Å²) in [6, 6.07) is 22.3. The van der Waals surface area contributed by atoms with Crippen LogP contribution >= 0.6 is 0 Å². The van der Waals surface area contributed by atoms with Gasteiger partial charge in [0.25, 0.3) is 0 Å². The van der Waals surface area contributed by atoms with E-state index in [4.69, 9.17) is 5.14 Å². The van der Waals surface area contributed by atoms with Gasteiger partial charge >= 0.3 is 0 Å². The summed E-state index contributed by atoms with van der Waals surface area (Å²) in [5.74, 6) is 0.637. The molecule has 0 aromatic heterocycles. The van der Waals surface area contributed by atoms with Crippen LogP contribution in [0.3, 0.4) is 0 Å². The molecule has 0 saturated carbocycles. The highest BCUT2D eigenvalue weighted by Gasteiger charge is 2.25.